The number of carboxylic acid groups (broad SMARTS) is 2. The van der Waals surface area contributed by atoms with Crippen LogP contribution in [-0.4, -0.2) is 277 Å². The number of likely N-dealkylation sites (tertiary alicyclic amines) is 2. The molecule has 558 valence electrons. The molecule has 0 spiro atoms. The van der Waals surface area contributed by atoms with Crippen molar-refractivity contribution in [2.75, 3.05) is 153 Å². The number of rotatable bonds is 11. The van der Waals surface area contributed by atoms with Gasteiger partial charge in [-0.25, -0.2) is 24.5 Å². The summed E-state index contributed by atoms with van der Waals surface area (Å²) in [6.07, 6.45) is 11.4. The highest BCUT2D eigenvalue weighted by Crippen LogP contribution is 2.30. The second-order valence-electron chi connectivity index (χ2n) is 27.8. The maximum atomic E-state index is 13.2. The Morgan fingerprint density at radius 3 is 1.20 bits per heavy atom. The van der Waals surface area contributed by atoms with Gasteiger partial charge in [-0.15, -0.1) is 34.0 Å². The molecule has 0 atom stereocenters. The van der Waals surface area contributed by atoms with Crippen LogP contribution in [0.3, 0.4) is 0 Å². The third-order valence-corrected chi connectivity index (χ3v) is 23.7. The number of amides is 5. The van der Waals surface area contributed by atoms with Gasteiger partial charge in [0, 0.05) is 253 Å². The number of aromatic carboxylic acids is 2. The molecule has 0 aliphatic carbocycles. The summed E-state index contributed by atoms with van der Waals surface area (Å²) >= 11 is 4.19. The first-order valence-corrected chi connectivity index (χ1v) is 39.1. The van der Waals surface area contributed by atoms with Crippen LogP contribution in [0.2, 0.25) is 0 Å². The van der Waals surface area contributed by atoms with Crippen LogP contribution in [0.5, 0.6) is 0 Å². The molecule has 6 fully saturated rings. The van der Waals surface area contributed by atoms with Gasteiger partial charge in [0.2, 0.25) is 0 Å². The number of nitrogens with zero attached hydrogens (tertiary/aromatic N) is 12. The number of carbonyl (C=O) groups excluding carboxylic acids is 6. The van der Waals surface area contributed by atoms with E-state index in [1.54, 1.807) is 65.9 Å². The first-order chi connectivity index (χ1) is 52.6. The lowest BCUT2D eigenvalue weighted by atomic mass is 10.0. The maximum Gasteiger partial charge on any atom is 0.335 e. The molecule has 0 saturated carbocycles. The van der Waals surface area contributed by atoms with Crippen molar-refractivity contribution in [2.24, 2.45) is 0 Å². The van der Waals surface area contributed by atoms with Crippen LogP contribution in [0.1, 0.15) is 97.9 Å². The van der Waals surface area contributed by atoms with E-state index in [0.717, 1.165) is 181 Å². The summed E-state index contributed by atoms with van der Waals surface area (Å²) in [5.41, 5.74) is 11.4. The largest absolute Gasteiger partial charge is 0.478 e. The Balaban J connectivity index is 0.000000117. The van der Waals surface area contributed by atoms with Crippen molar-refractivity contribution in [3.63, 3.8) is 0 Å². The van der Waals surface area contributed by atoms with E-state index < -0.39 is 11.9 Å². The van der Waals surface area contributed by atoms with Gasteiger partial charge in [0.05, 0.1) is 16.6 Å². The van der Waals surface area contributed by atoms with E-state index in [2.05, 4.69) is 55.9 Å². The fourth-order valence-electron chi connectivity index (χ4n) is 15.0. The van der Waals surface area contributed by atoms with Gasteiger partial charge in [-0.1, -0.05) is 0 Å². The molecular weight excluding hydrogens is 1430 g/mol. The first-order valence-electron chi connectivity index (χ1n) is 36.5. The minimum Gasteiger partial charge on any atom is -0.478 e. The van der Waals surface area contributed by atoms with Crippen LogP contribution in [0.4, 0.5) is 17.1 Å². The maximum absolute atomic E-state index is 13.2. The Morgan fingerprint density at radius 2 is 0.778 bits per heavy atom. The number of carbonyl (C=O) groups is 8. The number of aromatic amines is 1. The molecule has 9 aliphatic rings. The molecule has 9 aliphatic heterocycles. The SMILES string of the molecule is O=C(O)c1ccc2[nH]ccc2c1.O=C(O)c1ccc2c(c1)CCN2.O=C(c1ccc2c(c1)CCN2)N1CC(N2CCN(C(=O)c3nccs3)CC2)C1.O=C(c1ccc2c(ccn2C(=O)c2ccc3c(c2)CCN3)c1)N1CC(N2CCN(C(=O)c3nccs3)CC2)C1.O=C(c1nccs1)N1CCN(C2CNC2)CC1. The van der Waals surface area contributed by atoms with E-state index in [0.29, 0.717) is 81.6 Å². The Bertz CT molecular complexity index is 4930. The zero-order valence-corrected chi connectivity index (χ0v) is 61.8. The van der Waals surface area contributed by atoms with Gasteiger partial charge in [0.25, 0.3) is 35.4 Å². The normalized spacial score (nSPS) is 17.7. The number of nitrogens with one attached hydrogen (secondary N) is 5. The van der Waals surface area contributed by atoms with Gasteiger partial charge in [-0.05, 0) is 139 Å². The lowest BCUT2D eigenvalue weighted by Crippen LogP contribution is -2.64. The average Bonchev–Trinajstić information content (AvgIpc) is 1.66. The number of hydrogen-bond donors (Lipinski definition) is 7. The number of H-pyrrole nitrogens is 1. The molecule has 7 N–H and O–H groups in total. The molecule has 5 aromatic heterocycles. The topological polar surface area (TPSA) is 310 Å². The molecule has 0 radical (unpaired) electrons. The zero-order valence-electron chi connectivity index (χ0n) is 59.4. The monoisotopic (exact) mass is 1510 g/mol. The highest BCUT2D eigenvalue weighted by atomic mass is 32.1. The lowest BCUT2D eigenvalue weighted by Gasteiger charge is -2.48. The van der Waals surface area contributed by atoms with E-state index in [9.17, 15) is 38.4 Å². The predicted octanol–water partition coefficient (Wildman–Crippen LogP) is 7.52. The second-order valence-corrected chi connectivity index (χ2v) is 30.5. The summed E-state index contributed by atoms with van der Waals surface area (Å²) in [7, 11) is 0. The zero-order chi connectivity index (χ0) is 74.4. The Morgan fingerprint density at radius 1 is 0.389 bits per heavy atom. The summed E-state index contributed by atoms with van der Waals surface area (Å²) in [6.45, 7) is 17.6. The van der Waals surface area contributed by atoms with Gasteiger partial charge in [0.1, 0.15) is 0 Å². The smallest absolute Gasteiger partial charge is 0.335 e. The van der Waals surface area contributed by atoms with Crippen molar-refractivity contribution in [1.82, 2.24) is 69.0 Å². The second kappa shape index (κ2) is 32.8. The minimum atomic E-state index is -0.891. The van der Waals surface area contributed by atoms with Crippen molar-refractivity contribution in [3.8, 4) is 0 Å². The predicted molar refractivity (Wildman–Crippen MR) is 415 cm³/mol. The van der Waals surface area contributed by atoms with E-state index in [1.807, 2.05) is 113 Å². The standard InChI is InChI=1S/C29H28N6O3S.C20H23N5O2S.C11H16N4OS.C9H9NO2.C9H7NO2/c36-27(34-17-23(18-34)32-10-12-33(13-11-32)29(38)26-31-8-14-39-26)21-2-4-25-20(16-21)6-9-35(25)28(37)22-1-3-24-19(15-22)5-7-30-24;26-19(15-1-2-17-14(11-15)3-4-21-17)25-12-16(13-25)23-6-8-24(9-7-23)20(27)18-22-5-10-28-18;16-11(10-13-1-6-17-10)15-4-2-14(3-5-15)9-7-12-8-9;2*11-9(12)7-1-2-8-6(5-7)3-4-10-8/h1-4,6,8-9,14-16,23,30H,5,7,10-13,17-18H2;1-2,5,10-11,16,21H,3-4,6-9,12-13H2;1,6,9,12H,2-5,7-8H2;1-2,5,10H,3-4H2,(H,11,12);1-5,10H,(H,11,12). The van der Waals surface area contributed by atoms with Crippen molar-refractivity contribution < 1.29 is 48.6 Å². The quantitative estimate of drug-likeness (QED) is 0.0658. The third kappa shape index (κ3) is 16.2. The Hall–Kier alpha value is -10.7. The van der Waals surface area contributed by atoms with Crippen LogP contribution in [-0.2, 0) is 19.3 Å². The number of anilines is 3. The molecule has 10 aromatic rings. The minimum absolute atomic E-state index is 0.00515. The van der Waals surface area contributed by atoms with E-state index in [1.165, 1.54) is 45.1 Å². The number of fused-ring (bicyclic) bond motifs is 5. The summed E-state index contributed by atoms with van der Waals surface area (Å²) in [5.74, 6) is -1.55. The molecule has 6 saturated heterocycles. The van der Waals surface area contributed by atoms with Crippen LogP contribution in [0, 0.1) is 0 Å². The summed E-state index contributed by atoms with van der Waals surface area (Å²) in [4.78, 5) is 129. The van der Waals surface area contributed by atoms with Crippen molar-refractivity contribution >= 4 is 120 Å². The summed E-state index contributed by atoms with van der Waals surface area (Å²) in [6, 6.07) is 32.7. The summed E-state index contributed by atoms with van der Waals surface area (Å²) < 4.78 is 1.66. The highest BCUT2D eigenvalue weighted by molar-refractivity contribution is 7.12. The van der Waals surface area contributed by atoms with Gasteiger partial charge < -0.3 is 61.0 Å². The van der Waals surface area contributed by atoms with Gasteiger partial charge in [0.15, 0.2) is 15.0 Å². The lowest BCUT2D eigenvalue weighted by molar-refractivity contribution is 0.00806. The molecule has 19 rings (SSSR count). The molecule has 5 aromatic carbocycles. The number of piperazine rings is 3. The number of hydrogen-bond acceptors (Lipinski definition) is 21. The molecule has 5 amide bonds. The fraction of sp³-hybridized carbons (Fsp3) is 0.346. The van der Waals surface area contributed by atoms with Crippen molar-refractivity contribution in [1.29, 1.82) is 0 Å². The van der Waals surface area contributed by atoms with Gasteiger partial charge in [-0.3, -0.25) is 48.0 Å². The van der Waals surface area contributed by atoms with E-state index in [-0.39, 0.29) is 35.4 Å². The number of aromatic nitrogens is 5. The van der Waals surface area contributed by atoms with Crippen LogP contribution in [0.25, 0.3) is 21.8 Å². The van der Waals surface area contributed by atoms with Crippen molar-refractivity contribution in [3.05, 3.63) is 210 Å². The number of thiazole rings is 3. The van der Waals surface area contributed by atoms with Gasteiger partial charge >= 0.3 is 11.9 Å². The van der Waals surface area contributed by atoms with Crippen LogP contribution >= 0.6 is 34.0 Å². The molecule has 27 nitrogen and oxygen atoms in total. The summed E-state index contributed by atoms with van der Waals surface area (Å²) in [5, 5.41) is 39.5. The van der Waals surface area contributed by atoms with Crippen molar-refractivity contribution in [2.45, 2.75) is 37.4 Å². The molecular formula is C78H83N17O10S3. The molecule has 108 heavy (non-hydrogen) atoms. The highest BCUT2D eigenvalue weighted by Gasteiger charge is 2.40. The molecule has 30 heteroatoms. The number of carboxylic acids is 2. The third-order valence-electron chi connectivity index (χ3n) is 21.4. The molecule has 0 bridgehead atoms. The van der Waals surface area contributed by atoms with E-state index >= 15 is 0 Å². The molecule has 0 unspecified atom stereocenters. The van der Waals surface area contributed by atoms with Crippen LogP contribution in [0.15, 0.2) is 150 Å². The Labute approximate surface area is 634 Å². The average molecular weight is 1510 g/mol. The van der Waals surface area contributed by atoms with Gasteiger partial charge in [-0.2, -0.15) is 0 Å². The Kier molecular flexibility index (Phi) is 22.1. The molecule has 14 heterocycles. The first kappa shape index (κ1) is 72.8. The van der Waals surface area contributed by atoms with E-state index in [4.69, 9.17) is 10.2 Å². The fourth-order valence-corrected chi connectivity index (χ4v) is 16.8. The number of benzene rings is 5. The van der Waals surface area contributed by atoms with Crippen LogP contribution < -0.4 is 21.3 Å².